The number of nitrogens with zero attached hydrogens (tertiary/aromatic N) is 2. The van der Waals surface area contributed by atoms with Gasteiger partial charge in [0.25, 0.3) is 0 Å². The van der Waals surface area contributed by atoms with Crippen LogP contribution in [0.4, 0.5) is 4.79 Å². The van der Waals surface area contributed by atoms with Crippen LogP contribution < -0.4 is 5.43 Å². The van der Waals surface area contributed by atoms with Gasteiger partial charge in [-0.25, -0.2) is 10.2 Å². The molecule has 0 unspecified atom stereocenters. The van der Waals surface area contributed by atoms with Crippen LogP contribution in [0, 0.1) is 0 Å². The van der Waals surface area contributed by atoms with Gasteiger partial charge in [-0.3, -0.25) is 0 Å². The Hall–Kier alpha value is -3.08. The molecule has 3 rings (SSSR count). The summed E-state index contributed by atoms with van der Waals surface area (Å²) in [6.45, 7) is 0.777. The summed E-state index contributed by atoms with van der Waals surface area (Å²) in [6.07, 6.45) is 3.07. The SMILES string of the molecule is COC(=O)NN=Cc1cn(Cc2ccccc2)c2ccccc12. The van der Waals surface area contributed by atoms with Crippen molar-refractivity contribution in [2.75, 3.05) is 7.11 Å². The Morgan fingerprint density at radius 3 is 2.70 bits per heavy atom. The van der Waals surface area contributed by atoms with Crippen LogP contribution in [0.2, 0.25) is 0 Å². The summed E-state index contributed by atoms with van der Waals surface area (Å²) in [5.74, 6) is 0. The van der Waals surface area contributed by atoms with E-state index in [4.69, 9.17) is 0 Å². The maximum atomic E-state index is 11.1. The van der Waals surface area contributed by atoms with Crippen molar-refractivity contribution in [3.05, 3.63) is 71.9 Å². The lowest BCUT2D eigenvalue weighted by atomic mass is 10.2. The Labute approximate surface area is 134 Å². The second-order valence-electron chi connectivity index (χ2n) is 5.08. The minimum Gasteiger partial charge on any atom is -0.452 e. The number of benzene rings is 2. The molecule has 0 saturated heterocycles. The molecule has 1 N–H and O–H groups in total. The van der Waals surface area contributed by atoms with E-state index in [1.54, 1.807) is 6.21 Å². The van der Waals surface area contributed by atoms with Crippen LogP contribution in [-0.2, 0) is 11.3 Å². The zero-order chi connectivity index (χ0) is 16.1. The van der Waals surface area contributed by atoms with Crippen molar-refractivity contribution < 1.29 is 9.53 Å². The van der Waals surface area contributed by atoms with E-state index in [-0.39, 0.29) is 0 Å². The highest BCUT2D eigenvalue weighted by atomic mass is 16.5. The van der Waals surface area contributed by atoms with Gasteiger partial charge in [0, 0.05) is 29.2 Å². The molecule has 0 bridgehead atoms. The number of nitrogens with one attached hydrogen (secondary N) is 1. The van der Waals surface area contributed by atoms with E-state index >= 15 is 0 Å². The first-order valence-electron chi connectivity index (χ1n) is 7.27. The summed E-state index contributed by atoms with van der Waals surface area (Å²) >= 11 is 0. The molecule has 1 heterocycles. The van der Waals surface area contributed by atoms with Gasteiger partial charge < -0.3 is 9.30 Å². The molecule has 0 spiro atoms. The molecular formula is C18H17N3O2. The second-order valence-corrected chi connectivity index (χ2v) is 5.08. The first-order chi connectivity index (χ1) is 11.3. The largest absolute Gasteiger partial charge is 0.452 e. The minimum absolute atomic E-state index is 0.589. The summed E-state index contributed by atoms with van der Waals surface area (Å²) in [4.78, 5) is 11.1. The number of carbonyl (C=O) groups is 1. The first kappa shape index (κ1) is 14.8. The molecular weight excluding hydrogens is 290 g/mol. The summed E-state index contributed by atoms with van der Waals surface area (Å²) in [5.41, 5.74) is 5.59. The normalized spacial score (nSPS) is 11.0. The second kappa shape index (κ2) is 6.79. The lowest BCUT2D eigenvalue weighted by Gasteiger charge is -2.05. The Balaban J connectivity index is 1.92. The van der Waals surface area contributed by atoms with Crippen LogP contribution in [0.5, 0.6) is 0 Å². The molecule has 1 aromatic heterocycles. The lowest BCUT2D eigenvalue weighted by Crippen LogP contribution is -2.16. The molecule has 5 heteroatoms. The first-order valence-corrected chi connectivity index (χ1v) is 7.27. The van der Waals surface area contributed by atoms with Gasteiger partial charge in [-0.15, -0.1) is 0 Å². The standard InChI is InChI=1S/C18H17N3O2/c1-23-18(22)20-19-11-15-13-21(12-14-7-3-2-4-8-14)17-10-6-5-9-16(15)17/h2-11,13H,12H2,1H3,(H,20,22). The smallest absolute Gasteiger partial charge is 0.427 e. The summed E-state index contributed by atoms with van der Waals surface area (Å²) < 4.78 is 6.66. The highest BCUT2D eigenvalue weighted by Crippen LogP contribution is 2.21. The zero-order valence-corrected chi connectivity index (χ0v) is 12.8. The molecule has 116 valence electrons. The molecule has 3 aromatic rings. The van der Waals surface area contributed by atoms with Crippen LogP contribution in [0.1, 0.15) is 11.1 Å². The number of carbonyl (C=O) groups excluding carboxylic acids is 1. The third-order valence-electron chi connectivity index (χ3n) is 3.56. The van der Waals surface area contributed by atoms with Crippen LogP contribution in [-0.4, -0.2) is 24.0 Å². The van der Waals surface area contributed by atoms with E-state index in [1.807, 2.05) is 42.6 Å². The molecule has 0 radical (unpaired) electrons. The van der Waals surface area contributed by atoms with Gasteiger partial charge in [0.2, 0.25) is 0 Å². The number of para-hydroxylation sites is 1. The fraction of sp³-hybridized carbons (Fsp3) is 0.111. The van der Waals surface area contributed by atoms with Crippen molar-refractivity contribution in [3.8, 4) is 0 Å². The number of hydrogen-bond acceptors (Lipinski definition) is 3. The van der Waals surface area contributed by atoms with Crippen LogP contribution in [0.15, 0.2) is 65.9 Å². The molecule has 0 saturated carbocycles. The highest BCUT2D eigenvalue weighted by molar-refractivity contribution is 5.99. The zero-order valence-electron chi connectivity index (χ0n) is 12.8. The summed E-state index contributed by atoms with van der Waals surface area (Å²) in [6, 6.07) is 18.4. The Bertz CT molecular complexity index is 838. The monoisotopic (exact) mass is 307 g/mol. The van der Waals surface area contributed by atoms with Crippen molar-refractivity contribution in [2.45, 2.75) is 6.54 Å². The van der Waals surface area contributed by atoms with Gasteiger partial charge in [-0.2, -0.15) is 5.10 Å². The number of rotatable bonds is 4. The maximum absolute atomic E-state index is 11.1. The van der Waals surface area contributed by atoms with E-state index in [1.165, 1.54) is 12.7 Å². The number of amides is 1. The number of aromatic nitrogens is 1. The third kappa shape index (κ3) is 3.40. The summed E-state index contributed by atoms with van der Waals surface area (Å²) in [7, 11) is 1.30. The van der Waals surface area contributed by atoms with Gasteiger partial charge >= 0.3 is 6.09 Å². The van der Waals surface area contributed by atoms with Crippen LogP contribution in [0.25, 0.3) is 10.9 Å². The van der Waals surface area contributed by atoms with Crippen LogP contribution >= 0.6 is 0 Å². The van der Waals surface area contributed by atoms with Crippen molar-refractivity contribution in [2.24, 2.45) is 5.10 Å². The lowest BCUT2D eigenvalue weighted by molar-refractivity contribution is 0.171. The average molecular weight is 307 g/mol. The quantitative estimate of drug-likeness (QED) is 0.593. The number of methoxy groups -OCH3 is 1. The van der Waals surface area contributed by atoms with Crippen molar-refractivity contribution >= 4 is 23.2 Å². The molecule has 1 amide bonds. The van der Waals surface area contributed by atoms with Gasteiger partial charge in [-0.1, -0.05) is 48.5 Å². The number of fused-ring (bicyclic) bond motifs is 1. The Kier molecular flexibility index (Phi) is 4.38. The molecule has 5 nitrogen and oxygen atoms in total. The van der Waals surface area contributed by atoms with E-state index in [0.29, 0.717) is 0 Å². The minimum atomic E-state index is -0.589. The van der Waals surface area contributed by atoms with E-state index in [0.717, 1.165) is 23.0 Å². The van der Waals surface area contributed by atoms with Gasteiger partial charge in [0.05, 0.1) is 13.3 Å². The molecule has 0 aliphatic heterocycles. The average Bonchev–Trinajstić information content (AvgIpc) is 2.94. The van der Waals surface area contributed by atoms with Crippen molar-refractivity contribution in [1.82, 2.24) is 9.99 Å². The fourth-order valence-electron chi connectivity index (χ4n) is 2.49. The molecule has 0 atom stereocenters. The Morgan fingerprint density at radius 2 is 1.91 bits per heavy atom. The third-order valence-corrected chi connectivity index (χ3v) is 3.56. The topological polar surface area (TPSA) is 55.6 Å². The van der Waals surface area contributed by atoms with E-state index in [9.17, 15) is 4.79 Å². The Morgan fingerprint density at radius 1 is 1.17 bits per heavy atom. The van der Waals surface area contributed by atoms with E-state index < -0.39 is 6.09 Å². The highest BCUT2D eigenvalue weighted by Gasteiger charge is 2.07. The molecule has 0 fully saturated rings. The number of hydrazone groups is 1. The molecule has 23 heavy (non-hydrogen) atoms. The van der Waals surface area contributed by atoms with Gasteiger partial charge in [0.1, 0.15) is 0 Å². The summed E-state index contributed by atoms with van der Waals surface area (Å²) in [5, 5.41) is 5.00. The molecule has 0 aliphatic rings. The predicted octanol–water partition coefficient (Wildman–Crippen LogP) is 3.38. The molecule has 2 aromatic carbocycles. The fourth-order valence-corrected chi connectivity index (χ4v) is 2.49. The van der Waals surface area contributed by atoms with Crippen LogP contribution in [0.3, 0.4) is 0 Å². The molecule has 0 aliphatic carbocycles. The maximum Gasteiger partial charge on any atom is 0.427 e. The predicted molar refractivity (Wildman–Crippen MR) is 90.6 cm³/mol. The van der Waals surface area contributed by atoms with Gasteiger partial charge in [0.15, 0.2) is 0 Å². The van der Waals surface area contributed by atoms with E-state index in [2.05, 4.69) is 38.0 Å². The van der Waals surface area contributed by atoms with Crippen molar-refractivity contribution in [1.29, 1.82) is 0 Å². The number of ether oxygens (including phenoxy) is 1. The van der Waals surface area contributed by atoms with Crippen molar-refractivity contribution in [3.63, 3.8) is 0 Å². The van der Waals surface area contributed by atoms with Gasteiger partial charge in [-0.05, 0) is 11.6 Å². The number of hydrogen-bond donors (Lipinski definition) is 1.